The minimum atomic E-state index is -4.13. The normalized spacial score (nSPS) is 17.5. The van der Waals surface area contributed by atoms with E-state index in [1.807, 2.05) is 14.0 Å². The van der Waals surface area contributed by atoms with E-state index < -0.39 is 12.7 Å². The molecule has 0 aliphatic carbocycles. The Morgan fingerprint density at radius 3 is 2.33 bits per heavy atom. The fourth-order valence-corrected chi connectivity index (χ4v) is 2.89. The van der Waals surface area contributed by atoms with E-state index in [4.69, 9.17) is 5.73 Å². The van der Waals surface area contributed by atoms with Gasteiger partial charge < -0.3 is 10.6 Å². The molecule has 2 N–H and O–H groups in total. The first-order valence-corrected chi connectivity index (χ1v) is 7.08. The molecule has 1 aromatic heterocycles. The van der Waals surface area contributed by atoms with Crippen molar-refractivity contribution in [1.29, 1.82) is 0 Å². The van der Waals surface area contributed by atoms with Crippen molar-refractivity contribution in [2.45, 2.75) is 19.5 Å². The van der Waals surface area contributed by atoms with Crippen molar-refractivity contribution in [1.82, 2.24) is 14.7 Å². The molecular formula is C13H22F3N5. The summed E-state index contributed by atoms with van der Waals surface area (Å²) in [6.45, 7) is 3.61. The third-order valence-corrected chi connectivity index (χ3v) is 3.78. The summed E-state index contributed by atoms with van der Waals surface area (Å²) in [6, 6.07) is 0. The molecule has 0 amide bonds. The lowest BCUT2D eigenvalue weighted by atomic mass is 10.1. The van der Waals surface area contributed by atoms with Gasteiger partial charge >= 0.3 is 6.18 Å². The molecule has 1 aliphatic heterocycles. The van der Waals surface area contributed by atoms with Crippen LogP contribution < -0.4 is 10.6 Å². The smallest absolute Gasteiger partial charge is 0.354 e. The highest BCUT2D eigenvalue weighted by molar-refractivity contribution is 5.50. The standard InChI is InChI=1S/C13H22F3N5/c1-10-11(3-4-17)12(19(2)18-10)21-7-5-20(6-8-21)9-13(14,15)16/h3-9,17H2,1-2H3. The van der Waals surface area contributed by atoms with Crippen LogP contribution in [0.1, 0.15) is 11.3 Å². The van der Waals surface area contributed by atoms with Crippen molar-refractivity contribution in [3.05, 3.63) is 11.3 Å². The van der Waals surface area contributed by atoms with E-state index in [-0.39, 0.29) is 0 Å². The molecule has 1 aromatic rings. The second-order valence-electron chi connectivity index (χ2n) is 5.43. The second-order valence-corrected chi connectivity index (χ2v) is 5.43. The molecule has 0 aromatic carbocycles. The summed E-state index contributed by atoms with van der Waals surface area (Å²) in [5.74, 6) is 0.990. The Hall–Kier alpha value is -1.28. The van der Waals surface area contributed by atoms with E-state index in [9.17, 15) is 13.2 Å². The molecule has 0 saturated carbocycles. The van der Waals surface area contributed by atoms with Gasteiger partial charge in [-0.2, -0.15) is 18.3 Å². The zero-order chi connectivity index (χ0) is 15.6. The van der Waals surface area contributed by atoms with Gasteiger partial charge in [0.1, 0.15) is 5.82 Å². The lowest BCUT2D eigenvalue weighted by Gasteiger charge is -2.36. The molecule has 8 heteroatoms. The first kappa shape index (κ1) is 16.1. The predicted molar refractivity (Wildman–Crippen MR) is 75.4 cm³/mol. The Morgan fingerprint density at radius 2 is 1.81 bits per heavy atom. The summed E-state index contributed by atoms with van der Waals surface area (Å²) >= 11 is 0. The highest BCUT2D eigenvalue weighted by Gasteiger charge is 2.33. The van der Waals surface area contributed by atoms with Gasteiger partial charge in [0, 0.05) is 38.8 Å². The maximum atomic E-state index is 12.4. The molecule has 0 atom stereocenters. The van der Waals surface area contributed by atoms with Crippen LogP contribution in [0.3, 0.4) is 0 Å². The van der Waals surface area contributed by atoms with Crippen LogP contribution in [0, 0.1) is 6.92 Å². The summed E-state index contributed by atoms with van der Waals surface area (Å²) in [5, 5.41) is 4.41. The van der Waals surface area contributed by atoms with Crippen LogP contribution in [-0.4, -0.2) is 60.1 Å². The fourth-order valence-electron chi connectivity index (χ4n) is 2.89. The zero-order valence-corrected chi connectivity index (χ0v) is 12.4. The minimum Gasteiger partial charge on any atom is -0.354 e. The number of rotatable bonds is 4. The molecule has 0 radical (unpaired) electrons. The number of nitrogens with zero attached hydrogens (tertiary/aromatic N) is 4. The Kier molecular flexibility index (Phi) is 4.77. The zero-order valence-electron chi connectivity index (χ0n) is 12.4. The van der Waals surface area contributed by atoms with Crippen molar-refractivity contribution in [2.24, 2.45) is 12.8 Å². The topological polar surface area (TPSA) is 50.3 Å². The highest BCUT2D eigenvalue weighted by atomic mass is 19.4. The van der Waals surface area contributed by atoms with Crippen LogP contribution >= 0.6 is 0 Å². The van der Waals surface area contributed by atoms with Gasteiger partial charge in [0.2, 0.25) is 0 Å². The Morgan fingerprint density at radius 1 is 1.19 bits per heavy atom. The van der Waals surface area contributed by atoms with Gasteiger partial charge in [-0.3, -0.25) is 9.58 Å². The van der Waals surface area contributed by atoms with Crippen molar-refractivity contribution in [3.63, 3.8) is 0 Å². The van der Waals surface area contributed by atoms with Gasteiger partial charge in [-0.15, -0.1) is 0 Å². The van der Waals surface area contributed by atoms with E-state index >= 15 is 0 Å². The second kappa shape index (κ2) is 6.23. The number of aryl methyl sites for hydroxylation is 2. The number of alkyl halides is 3. The average molecular weight is 305 g/mol. The van der Waals surface area contributed by atoms with Crippen LogP contribution in [0.5, 0.6) is 0 Å². The van der Waals surface area contributed by atoms with Crippen LogP contribution in [0.15, 0.2) is 0 Å². The van der Waals surface area contributed by atoms with Crippen LogP contribution in [0.25, 0.3) is 0 Å². The molecule has 0 unspecified atom stereocenters. The van der Waals surface area contributed by atoms with E-state index in [1.165, 1.54) is 4.90 Å². The largest absolute Gasteiger partial charge is 0.401 e. The molecule has 1 saturated heterocycles. The van der Waals surface area contributed by atoms with Gasteiger partial charge in [0.15, 0.2) is 0 Å². The molecule has 5 nitrogen and oxygen atoms in total. The maximum absolute atomic E-state index is 12.4. The van der Waals surface area contributed by atoms with Crippen LogP contribution in [-0.2, 0) is 13.5 Å². The Bertz CT molecular complexity index is 475. The Balaban J connectivity index is 2.05. The third kappa shape index (κ3) is 3.88. The predicted octanol–water partition coefficient (Wildman–Crippen LogP) is 0.914. The average Bonchev–Trinajstić information content (AvgIpc) is 2.64. The van der Waals surface area contributed by atoms with Crippen LogP contribution in [0.4, 0.5) is 19.0 Å². The Labute approximate surface area is 122 Å². The number of nitrogens with two attached hydrogens (primary N) is 1. The van der Waals surface area contributed by atoms with Crippen LogP contribution in [0.2, 0.25) is 0 Å². The molecule has 1 aliphatic rings. The van der Waals surface area contributed by atoms with Gasteiger partial charge in [-0.1, -0.05) is 0 Å². The SMILES string of the molecule is Cc1nn(C)c(N2CCN(CC(F)(F)F)CC2)c1CCN. The molecule has 21 heavy (non-hydrogen) atoms. The molecule has 2 heterocycles. The van der Waals surface area contributed by atoms with E-state index in [2.05, 4.69) is 10.00 Å². The van der Waals surface area contributed by atoms with Gasteiger partial charge in [0.05, 0.1) is 12.2 Å². The van der Waals surface area contributed by atoms with E-state index in [0.29, 0.717) is 32.7 Å². The van der Waals surface area contributed by atoms with Gasteiger partial charge in [-0.05, 0) is 19.9 Å². The monoisotopic (exact) mass is 305 g/mol. The molecule has 0 bridgehead atoms. The first-order valence-electron chi connectivity index (χ1n) is 7.08. The van der Waals surface area contributed by atoms with E-state index in [1.54, 1.807) is 4.68 Å². The first-order chi connectivity index (χ1) is 9.81. The van der Waals surface area contributed by atoms with Gasteiger partial charge in [-0.25, -0.2) is 0 Å². The van der Waals surface area contributed by atoms with Crippen molar-refractivity contribution >= 4 is 5.82 Å². The van der Waals surface area contributed by atoms with E-state index in [0.717, 1.165) is 23.5 Å². The number of hydrogen-bond donors (Lipinski definition) is 1. The third-order valence-electron chi connectivity index (χ3n) is 3.78. The van der Waals surface area contributed by atoms with Crippen molar-refractivity contribution in [2.75, 3.05) is 44.2 Å². The molecule has 1 fully saturated rings. The lowest BCUT2D eigenvalue weighted by Crippen LogP contribution is -2.49. The van der Waals surface area contributed by atoms with Crippen molar-refractivity contribution in [3.8, 4) is 0 Å². The number of piperazine rings is 1. The quantitative estimate of drug-likeness (QED) is 0.898. The summed E-state index contributed by atoms with van der Waals surface area (Å²) in [6.07, 6.45) is -3.40. The minimum absolute atomic E-state index is 0.409. The molecule has 120 valence electrons. The lowest BCUT2D eigenvalue weighted by molar-refractivity contribution is -0.146. The summed E-state index contributed by atoms with van der Waals surface area (Å²) < 4.78 is 39.0. The number of halogens is 3. The molecule has 0 spiro atoms. The van der Waals surface area contributed by atoms with Gasteiger partial charge in [0.25, 0.3) is 0 Å². The van der Waals surface area contributed by atoms with Crippen molar-refractivity contribution < 1.29 is 13.2 Å². The number of anilines is 1. The molecule has 2 rings (SSSR count). The number of aromatic nitrogens is 2. The summed E-state index contributed by atoms with van der Waals surface area (Å²) in [7, 11) is 1.87. The summed E-state index contributed by atoms with van der Waals surface area (Å²) in [4.78, 5) is 3.56. The fraction of sp³-hybridized carbons (Fsp3) is 0.769. The summed E-state index contributed by atoms with van der Waals surface area (Å²) in [5.41, 5.74) is 7.68. The molecular weight excluding hydrogens is 283 g/mol. The number of hydrogen-bond acceptors (Lipinski definition) is 4. The highest BCUT2D eigenvalue weighted by Crippen LogP contribution is 2.25. The maximum Gasteiger partial charge on any atom is 0.401 e.